The van der Waals surface area contributed by atoms with Gasteiger partial charge < -0.3 is 14.7 Å². The Morgan fingerprint density at radius 3 is 1.90 bits per heavy atom. The summed E-state index contributed by atoms with van der Waals surface area (Å²) in [7, 11) is 0. The molecule has 2 aromatic heterocycles. The summed E-state index contributed by atoms with van der Waals surface area (Å²) in [6, 6.07) is 16.4. The van der Waals surface area contributed by atoms with E-state index < -0.39 is 5.60 Å². The van der Waals surface area contributed by atoms with Gasteiger partial charge in [0, 0.05) is 23.6 Å². The smallest absolute Gasteiger partial charge is 0.410 e. The van der Waals surface area contributed by atoms with Gasteiger partial charge in [-0.3, -0.25) is 4.90 Å². The van der Waals surface area contributed by atoms with Crippen LogP contribution in [-0.2, 0) is 4.74 Å². The predicted octanol–water partition coefficient (Wildman–Crippen LogP) is 7.60. The quantitative estimate of drug-likeness (QED) is 0.258. The summed E-state index contributed by atoms with van der Waals surface area (Å²) in [4.78, 5) is 30.7. The molecule has 2 fully saturated rings. The van der Waals surface area contributed by atoms with Gasteiger partial charge in [0.25, 0.3) is 0 Å². The molecule has 2 aromatic carbocycles. The van der Waals surface area contributed by atoms with Crippen LogP contribution in [0.4, 0.5) is 4.79 Å². The zero-order valence-electron chi connectivity index (χ0n) is 24.0. The van der Waals surface area contributed by atoms with Gasteiger partial charge in [-0.1, -0.05) is 48.9 Å². The molecule has 6 rings (SSSR count). The maximum atomic E-state index is 12.7. The molecule has 7 nitrogen and oxygen atoms in total. The van der Waals surface area contributed by atoms with E-state index in [1.807, 2.05) is 57.4 Å². The van der Waals surface area contributed by atoms with Gasteiger partial charge in [-0.15, -0.1) is 0 Å². The van der Waals surface area contributed by atoms with Crippen LogP contribution in [0.2, 0.25) is 0 Å². The van der Waals surface area contributed by atoms with Gasteiger partial charge >= 0.3 is 6.09 Å². The maximum Gasteiger partial charge on any atom is 0.410 e. The minimum atomic E-state index is -0.522. The highest BCUT2D eigenvalue weighted by Crippen LogP contribution is 2.34. The molecule has 0 radical (unpaired) electrons. The molecule has 210 valence electrons. The van der Waals surface area contributed by atoms with Crippen LogP contribution >= 0.6 is 0 Å². The van der Waals surface area contributed by atoms with E-state index in [2.05, 4.69) is 56.0 Å². The standard InChI is InChI=1S/C34H37N5O2/c1-34(2,3)41-33(40)39-20-6-9-30(39)32-36-22-29(38-32)26-18-14-24(15-19-26)11-10-23-12-16-25(17-13-23)28-21-35-31(37-28)27-7-4-5-8-27/h12-19,21-22,27,30H,4-9,20H2,1-3H3,(H,35,37)(H,36,38)/t30-/m0/s1. The highest BCUT2D eigenvalue weighted by molar-refractivity contribution is 5.69. The van der Waals surface area contributed by atoms with Crippen molar-refractivity contribution in [2.75, 3.05) is 6.54 Å². The summed E-state index contributed by atoms with van der Waals surface area (Å²) in [5, 5.41) is 0. The lowest BCUT2D eigenvalue weighted by molar-refractivity contribution is 0.0218. The summed E-state index contributed by atoms with van der Waals surface area (Å²) >= 11 is 0. The number of benzene rings is 2. The highest BCUT2D eigenvalue weighted by atomic mass is 16.6. The first kappa shape index (κ1) is 26.9. The lowest BCUT2D eigenvalue weighted by atomic mass is 10.1. The number of ether oxygens (including phenoxy) is 1. The third kappa shape index (κ3) is 6.22. The van der Waals surface area contributed by atoms with Crippen LogP contribution in [0.3, 0.4) is 0 Å². The van der Waals surface area contributed by atoms with Gasteiger partial charge in [0.1, 0.15) is 17.2 Å². The van der Waals surface area contributed by atoms with Crippen molar-refractivity contribution in [2.24, 2.45) is 0 Å². The number of carbonyl (C=O) groups is 1. The summed E-state index contributed by atoms with van der Waals surface area (Å²) in [5.74, 6) is 9.04. The molecule has 1 atom stereocenters. The molecule has 1 aliphatic heterocycles. The fourth-order valence-corrected chi connectivity index (χ4v) is 5.74. The number of amides is 1. The monoisotopic (exact) mass is 547 g/mol. The van der Waals surface area contributed by atoms with Crippen LogP contribution in [0, 0.1) is 11.8 Å². The Balaban J connectivity index is 1.09. The van der Waals surface area contributed by atoms with Crippen molar-refractivity contribution < 1.29 is 9.53 Å². The minimum absolute atomic E-state index is 0.0993. The van der Waals surface area contributed by atoms with E-state index in [9.17, 15) is 4.79 Å². The van der Waals surface area contributed by atoms with Crippen molar-refractivity contribution in [3.63, 3.8) is 0 Å². The lowest BCUT2D eigenvalue weighted by Gasteiger charge is -2.27. The van der Waals surface area contributed by atoms with Gasteiger partial charge in [-0.25, -0.2) is 14.8 Å². The van der Waals surface area contributed by atoms with Crippen molar-refractivity contribution in [2.45, 2.75) is 76.9 Å². The number of aromatic nitrogens is 4. The van der Waals surface area contributed by atoms with E-state index in [0.29, 0.717) is 12.5 Å². The SMILES string of the molecule is CC(C)(C)OC(=O)N1CCC[C@H]1c1ncc(-c2ccc(C#Cc3ccc(-c4cnc(C5CCCC5)[nH]4)cc3)cc2)[nH]1. The van der Waals surface area contributed by atoms with E-state index in [4.69, 9.17) is 4.74 Å². The van der Waals surface area contributed by atoms with Gasteiger partial charge in [0.05, 0.1) is 29.8 Å². The van der Waals surface area contributed by atoms with Gasteiger partial charge in [-0.05, 0) is 81.8 Å². The molecule has 41 heavy (non-hydrogen) atoms. The first-order valence-electron chi connectivity index (χ1n) is 14.6. The molecule has 1 saturated heterocycles. The Morgan fingerprint density at radius 1 is 0.805 bits per heavy atom. The number of carbonyl (C=O) groups excluding carboxylic acids is 1. The zero-order valence-corrected chi connectivity index (χ0v) is 24.0. The first-order valence-corrected chi connectivity index (χ1v) is 14.6. The molecular weight excluding hydrogens is 510 g/mol. The average Bonchev–Trinajstić information content (AvgIpc) is 3.78. The average molecular weight is 548 g/mol. The number of rotatable bonds is 4. The topological polar surface area (TPSA) is 86.9 Å². The van der Waals surface area contributed by atoms with Crippen LogP contribution in [-0.4, -0.2) is 43.1 Å². The number of imidazole rings is 2. The Hall–Kier alpha value is -4.31. The van der Waals surface area contributed by atoms with Crippen molar-refractivity contribution >= 4 is 6.09 Å². The van der Waals surface area contributed by atoms with Gasteiger partial charge in [-0.2, -0.15) is 0 Å². The van der Waals surface area contributed by atoms with E-state index in [1.165, 1.54) is 25.7 Å². The number of nitrogens with one attached hydrogen (secondary N) is 2. The summed E-state index contributed by atoms with van der Waals surface area (Å²) in [5.41, 5.74) is 5.53. The van der Waals surface area contributed by atoms with E-state index >= 15 is 0 Å². The lowest BCUT2D eigenvalue weighted by Crippen LogP contribution is -2.36. The van der Waals surface area contributed by atoms with Crippen molar-refractivity contribution in [3.05, 3.63) is 83.7 Å². The number of hydrogen-bond donors (Lipinski definition) is 2. The van der Waals surface area contributed by atoms with Crippen molar-refractivity contribution in [1.82, 2.24) is 24.8 Å². The van der Waals surface area contributed by atoms with Crippen LogP contribution in [0.15, 0.2) is 60.9 Å². The third-order valence-electron chi connectivity index (χ3n) is 7.87. The predicted molar refractivity (Wildman–Crippen MR) is 160 cm³/mol. The van der Waals surface area contributed by atoms with Crippen LogP contribution in [0.25, 0.3) is 22.5 Å². The fraction of sp³-hybridized carbons (Fsp3) is 0.382. The normalized spacial score (nSPS) is 17.4. The Kier molecular flexibility index (Phi) is 7.40. The molecule has 0 unspecified atom stereocenters. The van der Waals surface area contributed by atoms with Crippen LogP contribution in [0.5, 0.6) is 0 Å². The number of aromatic amines is 2. The second-order valence-electron chi connectivity index (χ2n) is 12.1. The molecule has 1 amide bonds. The van der Waals surface area contributed by atoms with E-state index in [-0.39, 0.29) is 12.1 Å². The summed E-state index contributed by atoms with van der Waals surface area (Å²) in [6.45, 7) is 6.34. The van der Waals surface area contributed by atoms with Crippen molar-refractivity contribution in [1.29, 1.82) is 0 Å². The number of likely N-dealkylation sites (tertiary alicyclic amines) is 1. The highest BCUT2D eigenvalue weighted by Gasteiger charge is 2.34. The molecule has 2 N–H and O–H groups in total. The van der Waals surface area contributed by atoms with E-state index in [0.717, 1.165) is 58.1 Å². The number of H-pyrrole nitrogens is 2. The summed E-state index contributed by atoms with van der Waals surface area (Å²) in [6.07, 6.45) is 10.4. The Morgan fingerprint density at radius 2 is 1.34 bits per heavy atom. The Labute approximate surface area is 241 Å². The molecule has 1 saturated carbocycles. The largest absolute Gasteiger partial charge is 0.444 e. The molecule has 3 heterocycles. The van der Waals surface area contributed by atoms with Gasteiger partial charge in [0.2, 0.25) is 0 Å². The molecule has 0 bridgehead atoms. The van der Waals surface area contributed by atoms with Crippen LogP contribution < -0.4 is 0 Å². The maximum absolute atomic E-state index is 12.7. The third-order valence-corrected chi connectivity index (χ3v) is 7.87. The Bertz CT molecular complexity index is 1560. The second kappa shape index (κ2) is 11.3. The second-order valence-corrected chi connectivity index (χ2v) is 12.1. The van der Waals surface area contributed by atoms with Gasteiger partial charge in [0.15, 0.2) is 0 Å². The first-order chi connectivity index (χ1) is 19.8. The molecule has 1 aliphatic carbocycles. The fourth-order valence-electron chi connectivity index (χ4n) is 5.74. The molecule has 7 heteroatoms. The number of hydrogen-bond acceptors (Lipinski definition) is 4. The number of nitrogens with zero attached hydrogens (tertiary/aromatic N) is 3. The van der Waals surface area contributed by atoms with E-state index in [1.54, 1.807) is 4.90 Å². The minimum Gasteiger partial charge on any atom is -0.444 e. The molecule has 0 spiro atoms. The molecule has 4 aromatic rings. The van der Waals surface area contributed by atoms with Crippen molar-refractivity contribution in [3.8, 4) is 34.4 Å². The summed E-state index contributed by atoms with van der Waals surface area (Å²) < 4.78 is 5.61. The molecule has 2 aliphatic rings. The molecular formula is C34H37N5O2. The van der Waals surface area contributed by atoms with Crippen LogP contribution in [0.1, 0.15) is 94.0 Å². The zero-order chi connectivity index (χ0) is 28.4.